The number of ether oxygens (including phenoxy) is 1. The van der Waals surface area contributed by atoms with E-state index in [0.717, 1.165) is 11.1 Å². The Morgan fingerprint density at radius 3 is 3.00 bits per heavy atom. The molecule has 0 atom stereocenters. The molecule has 118 valence electrons. The summed E-state index contributed by atoms with van der Waals surface area (Å²) in [6, 6.07) is 8.52. The van der Waals surface area contributed by atoms with Crippen molar-refractivity contribution in [3.8, 4) is 5.75 Å². The van der Waals surface area contributed by atoms with Crippen LogP contribution in [0.3, 0.4) is 0 Å². The summed E-state index contributed by atoms with van der Waals surface area (Å²) in [5.41, 5.74) is 1.40. The predicted octanol–water partition coefficient (Wildman–Crippen LogP) is 2.96. The molecule has 1 aromatic carbocycles. The number of aromatic nitrogens is 3. The standard InChI is InChI=1S/C15H12Cl2N4O2/c16-9-3-4-13(11(17)6-9)23-8-14(22)19-7-12-10-2-1-5-18-15(10)21-20-12/h1-6H,7-8H2,(H,19,22)(H,18,20,21). The van der Waals surface area contributed by atoms with E-state index in [2.05, 4.69) is 20.5 Å². The Kier molecular flexibility index (Phi) is 4.64. The molecule has 0 aliphatic heterocycles. The maximum Gasteiger partial charge on any atom is 0.258 e. The summed E-state index contributed by atoms with van der Waals surface area (Å²) in [5.74, 6) is 0.130. The summed E-state index contributed by atoms with van der Waals surface area (Å²) in [6.45, 7) is 0.157. The van der Waals surface area contributed by atoms with Crippen LogP contribution in [0, 0.1) is 0 Å². The maximum absolute atomic E-state index is 11.9. The van der Waals surface area contributed by atoms with Crippen molar-refractivity contribution in [1.82, 2.24) is 20.5 Å². The molecule has 0 aliphatic carbocycles. The Balaban J connectivity index is 1.55. The number of hydrogen-bond donors (Lipinski definition) is 2. The summed E-state index contributed by atoms with van der Waals surface area (Å²) >= 11 is 11.8. The Morgan fingerprint density at radius 2 is 2.17 bits per heavy atom. The molecule has 0 radical (unpaired) electrons. The first-order valence-electron chi connectivity index (χ1n) is 6.76. The van der Waals surface area contributed by atoms with Crippen LogP contribution in [-0.4, -0.2) is 27.7 Å². The van der Waals surface area contributed by atoms with E-state index in [1.165, 1.54) is 0 Å². The topological polar surface area (TPSA) is 79.9 Å². The van der Waals surface area contributed by atoms with E-state index in [9.17, 15) is 4.79 Å². The van der Waals surface area contributed by atoms with Gasteiger partial charge in [-0.3, -0.25) is 9.89 Å². The predicted molar refractivity (Wildman–Crippen MR) is 87.7 cm³/mol. The molecule has 2 aromatic heterocycles. The second-order valence-electron chi connectivity index (χ2n) is 4.72. The number of hydrogen-bond acceptors (Lipinski definition) is 4. The highest BCUT2D eigenvalue weighted by atomic mass is 35.5. The second-order valence-corrected chi connectivity index (χ2v) is 5.56. The Labute approximate surface area is 141 Å². The summed E-state index contributed by atoms with van der Waals surface area (Å²) in [5, 5.41) is 11.4. The lowest BCUT2D eigenvalue weighted by Gasteiger charge is -2.08. The first kappa shape index (κ1) is 15.6. The van der Waals surface area contributed by atoms with E-state index in [1.54, 1.807) is 24.4 Å². The van der Waals surface area contributed by atoms with Crippen molar-refractivity contribution in [2.75, 3.05) is 6.61 Å². The molecule has 2 N–H and O–H groups in total. The molecule has 2 heterocycles. The molecule has 1 amide bonds. The molecule has 0 bridgehead atoms. The van der Waals surface area contributed by atoms with Crippen LogP contribution in [0.15, 0.2) is 36.5 Å². The lowest BCUT2D eigenvalue weighted by atomic mass is 10.2. The van der Waals surface area contributed by atoms with Crippen LogP contribution in [0.1, 0.15) is 5.69 Å². The fourth-order valence-electron chi connectivity index (χ4n) is 2.01. The van der Waals surface area contributed by atoms with Gasteiger partial charge in [0.25, 0.3) is 5.91 Å². The first-order valence-corrected chi connectivity index (χ1v) is 7.51. The lowest BCUT2D eigenvalue weighted by molar-refractivity contribution is -0.123. The number of rotatable bonds is 5. The number of aromatic amines is 1. The smallest absolute Gasteiger partial charge is 0.258 e. The molecule has 0 fully saturated rings. The Morgan fingerprint density at radius 1 is 1.30 bits per heavy atom. The van der Waals surface area contributed by atoms with Crippen molar-refractivity contribution in [3.63, 3.8) is 0 Å². The average molecular weight is 351 g/mol. The van der Waals surface area contributed by atoms with Crippen molar-refractivity contribution in [2.45, 2.75) is 6.54 Å². The third kappa shape index (κ3) is 3.72. The van der Waals surface area contributed by atoms with E-state index in [0.29, 0.717) is 28.0 Å². The van der Waals surface area contributed by atoms with Crippen molar-refractivity contribution in [1.29, 1.82) is 0 Å². The largest absolute Gasteiger partial charge is 0.482 e. The van der Waals surface area contributed by atoms with Crippen molar-refractivity contribution < 1.29 is 9.53 Å². The van der Waals surface area contributed by atoms with E-state index >= 15 is 0 Å². The van der Waals surface area contributed by atoms with Gasteiger partial charge in [-0.2, -0.15) is 5.10 Å². The summed E-state index contributed by atoms with van der Waals surface area (Å²) in [7, 11) is 0. The van der Waals surface area contributed by atoms with Crippen molar-refractivity contribution >= 4 is 40.1 Å². The Hall–Kier alpha value is -2.31. The normalized spacial score (nSPS) is 10.7. The van der Waals surface area contributed by atoms with Gasteiger partial charge in [0.1, 0.15) is 5.75 Å². The lowest BCUT2D eigenvalue weighted by Crippen LogP contribution is -2.28. The number of halogens is 2. The molecule has 0 unspecified atom stereocenters. The van der Waals surface area contributed by atoms with Gasteiger partial charge < -0.3 is 10.1 Å². The van der Waals surface area contributed by atoms with Gasteiger partial charge in [0.2, 0.25) is 0 Å². The number of nitrogens with zero attached hydrogens (tertiary/aromatic N) is 2. The maximum atomic E-state index is 11.9. The quantitative estimate of drug-likeness (QED) is 0.741. The number of amides is 1. The van der Waals surface area contributed by atoms with Crippen LogP contribution in [0.4, 0.5) is 0 Å². The van der Waals surface area contributed by atoms with Crippen LogP contribution < -0.4 is 10.1 Å². The molecule has 6 nitrogen and oxygen atoms in total. The van der Waals surface area contributed by atoms with Crippen LogP contribution in [0.5, 0.6) is 5.75 Å². The summed E-state index contributed by atoms with van der Waals surface area (Å²) < 4.78 is 5.37. The van der Waals surface area contributed by atoms with E-state index < -0.39 is 0 Å². The van der Waals surface area contributed by atoms with E-state index in [-0.39, 0.29) is 12.5 Å². The van der Waals surface area contributed by atoms with Crippen LogP contribution >= 0.6 is 23.2 Å². The number of nitrogens with one attached hydrogen (secondary N) is 2. The summed E-state index contributed by atoms with van der Waals surface area (Å²) in [4.78, 5) is 16.0. The fourth-order valence-corrected chi connectivity index (χ4v) is 2.47. The molecule has 0 saturated carbocycles. The highest BCUT2D eigenvalue weighted by molar-refractivity contribution is 6.35. The van der Waals surface area contributed by atoms with Crippen LogP contribution in [-0.2, 0) is 11.3 Å². The monoisotopic (exact) mass is 350 g/mol. The summed E-state index contributed by atoms with van der Waals surface area (Å²) in [6.07, 6.45) is 1.66. The van der Waals surface area contributed by atoms with Gasteiger partial charge in [-0.1, -0.05) is 23.2 Å². The zero-order chi connectivity index (χ0) is 16.2. The van der Waals surface area contributed by atoms with Gasteiger partial charge in [0, 0.05) is 16.6 Å². The molecule has 3 rings (SSSR count). The van der Waals surface area contributed by atoms with Crippen LogP contribution in [0.2, 0.25) is 10.0 Å². The minimum atomic E-state index is -0.275. The van der Waals surface area contributed by atoms with E-state index in [1.807, 2.05) is 12.1 Å². The van der Waals surface area contributed by atoms with Gasteiger partial charge in [0.05, 0.1) is 17.3 Å². The fraction of sp³-hybridized carbons (Fsp3) is 0.133. The number of H-pyrrole nitrogens is 1. The molecule has 3 aromatic rings. The zero-order valence-corrected chi connectivity index (χ0v) is 13.4. The van der Waals surface area contributed by atoms with Crippen molar-refractivity contribution in [3.05, 3.63) is 52.3 Å². The van der Waals surface area contributed by atoms with Gasteiger partial charge in [-0.25, -0.2) is 4.98 Å². The van der Waals surface area contributed by atoms with E-state index in [4.69, 9.17) is 27.9 Å². The molecule has 23 heavy (non-hydrogen) atoms. The van der Waals surface area contributed by atoms with Gasteiger partial charge in [-0.05, 0) is 30.3 Å². The highest BCUT2D eigenvalue weighted by Crippen LogP contribution is 2.27. The average Bonchev–Trinajstić information content (AvgIpc) is 2.95. The van der Waals surface area contributed by atoms with Gasteiger partial charge in [0.15, 0.2) is 12.3 Å². The molecule has 0 aliphatic rings. The minimum absolute atomic E-state index is 0.147. The third-order valence-corrected chi connectivity index (χ3v) is 3.65. The first-order chi connectivity index (χ1) is 11.1. The molecule has 0 saturated heterocycles. The SMILES string of the molecule is O=C(COc1ccc(Cl)cc1Cl)NCc1[nH]nc2ncccc12. The number of pyridine rings is 1. The number of benzene rings is 1. The zero-order valence-electron chi connectivity index (χ0n) is 11.8. The highest BCUT2D eigenvalue weighted by Gasteiger charge is 2.09. The molecule has 0 spiro atoms. The van der Waals surface area contributed by atoms with Crippen LogP contribution in [0.25, 0.3) is 11.0 Å². The second kappa shape index (κ2) is 6.85. The molecular weight excluding hydrogens is 339 g/mol. The minimum Gasteiger partial charge on any atom is -0.482 e. The van der Waals surface area contributed by atoms with Crippen molar-refractivity contribution in [2.24, 2.45) is 0 Å². The number of fused-ring (bicyclic) bond motifs is 1. The number of carbonyl (C=O) groups is 1. The van der Waals surface area contributed by atoms with Gasteiger partial charge >= 0.3 is 0 Å². The number of carbonyl (C=O) groups excluding carboxylic acids is 1. The van der Waals surface area contributed by atoms with Gasteiger partial charge in [-0.15, -0.1) is 0 Å². The molecule has 8 heteroatoms. The third-order valence-electron chi connectivity index (χ3n) is 3.12. The Bertz CT molecular complexity index is 850. The molecular formula is C15H12Cl2N4O2.